The molecule has 2 N–H and O–H groups in total. The van der Waals surface area contributed by atoms with Gasteiger partial charge in [0, 0.05) is 5.39 Å². The number of hydrogen-bond acceptors (Lipinski definition) is 6. The van der Waals surface area contributed by atoms with Gasteiger partial charge in [0.2, 0.25) is 5.88 Å². The van der Waals surface area contributed by atoms with Crippen LogP contribution in [0.1, 0.15) is 6.92 Å². The van der Waals surface area contributed by atoms with Crippen LogP contribution in [0.2, 0.25) is 0 Å². The molecule has 0 saturated heterocycles. The van der Waals surface area contributed by atoms with Gasteiger partial charge in [-0.05, 0) is 36.9 Å². The predicted molar refractivity (Wildman–Crippen MR) is 83.5 cm³/mol. The Morgan fingerprint density at radius 1 is 1.14 bits per heavy atom. The number of nitrogens with two attached hydrogens (primary N) is 1. The second kappa shape index (κ2) is 5.97. The van der Waals surface area contributed by atoms with Gasteiger partial charge in [-0.3, -0.25) is 0 Å². The van der Waals surface area contributed by atoms with Crippen LogP contribution >= 0.6 is 11.8 Å². The smallest absolute Gasteiger partial charge is 0.238 e. The molecule has 0 aliphatic rings. The summed E-state index contributed by atoms with van der Waals surface area (Å²) in [6.45, 7) is 2.43. The first-order valence-corrected chi connectivity index (χ1v) is 7.36. The average Bonchev–Trinajstić information content (AvgIpc) is 2.51. The van der Waals surface area contributed by atoms with E-state index >= 15 is 0 Å². The van der Waals surface area contributed by atoms with Crippen molar-refractivity contribution in [2.45, 2.75) is 17.0 Å². The molecular formula is C15H14N4OS. The maximum absolute atomic E-state index is 5.84. The Morgan fingerprint density at radius 3 is 2.86 bits per heavy atom. The summed E-state index contributed by atoms with van der Waals surface area (Å²) in [6.07, 6.45) is 1.56. The monoisotopic (exact) mass is 298 g/mol. The summed E-state index contributed by atoms with van der Waals surface area (Å²) < 4.78 is 5.42. The molecule has 0 aliphatic carbocycles. The Bertz CT molecular complexity index is 773. The Labute approximate surface area is 126 Å². The number of aromatic nitrogens is 3. The third kappa shape index (κ3) is 2.90. The van der Waals surface area contributed by atoms with E-state index in [1.54, 1.807) is 12.4 Å². The number of ether oxygens (including phenoxy) is 1. The van der Waals surface area contributed by atoms with Gasteiger partial charge < -0.3 is 10.5 Å². The van der Waals surface area contributed by atoms with Crippen molar-refractivity contribution in [2.75, 3.05) is 12.3 Å². The Hall–Kier alpha value is -2.34. The number of rotatable bonds is 4. The molecule has 0 amide bonds. The zero-order valence-electron chi connectivity index (χ0n) is 11.5. The lowest BCUT2D eigenvalue weighted by Gasteiger charge is -2.08. The molecule has 6 heteroatoms. The molecule has 3 rings (SSSR count). The predicted octanol–water partition coefficient (Wildman–Crippen LogP) is 3.16. The van der Waals surface area contributed by atoms with E-state index < -0.39 is 0 Å². The zero-order valence-corrected chi connectivity index (χ0v) is 12.3. The van der Waals surface area contributed by atoms with Gasteiger partial charge in [-0.15, -0.1) is 0 Å². The standard InChI is InChI=1S/C15H14N4OS/c1-2-20-14-11(16)7-8-13(19-14)21-15-10-5-3-4-6-12(10)17-9-18-15/h3-9H,2,16H2,1H3. The summed E-state index contributed by atoms with van der Waals surface area (Å²) in [4.78, 5) is 13.0. The Balaban J connectivity index is 1.97. The summed E-state index contributed by atoms with van der Waals surface area (Å²) in [5.41, 5.74) is 7.29. The first-order chi connectivity index (χ1) is 10.3. The molecule has 0 unspecified atom stereocenters. The van der Waals surface area contributed by atoms with E-state index in [0.29, 0.717) is 18.2 Å². The number of anilines is 1. The lowest BCUT2D eigenvalue weighted by molar-refractivity contribution is 0.326. The maximum Gasteiger partial charge on any atom is 0.238 e. The van der Waals surface area contributed by atoms with Gasteiger partial charge in [0.15, 0.2) is 0 Å². The molecule has 3 aromatic rings. The normalized spacial score (nSPS) is 10.7. The van der Waals surface area contributed by atoms with Crippen molar-refractivity contribution in [3.8, 4) is 5.88 Å². The summed E-state index contributed by atoms with van der Waals surface area (Å²) in [5.74, 6) is 0.459. The van der Waals surface area contributed by atoms with Gasteiger partial charge >= 0.3 is 0 Å². The van der Waals surface area contributed by atoms with E-state index in [9.17, 15) is 0 Å². The molecule has 0 saturated carbocycles. The minimum absolute atomic E-state index is 0.459. The fourth-order valence-corrected chi connectivity index (χ4v) is 2.75. The highest BCUT2D eigenvalue weighted by Crippen LogP contribution is 2.32. The molecule has 2 heterocycles. The quantitative estimate of drug-likeness (QED) is 0.746. The molecule has 0 radical (unpaired) electrons. The largest absolute Gasteiger partial charge is 0.476 e. The van der Waals surface area contributed by atoms with E-state index in [-0.39, 0.29) is 0 Å². The van der Waals surface area contributed by atoms with Crippen molar-refractivity contribution in [2.24, 2.45) is 0 Å². The van der Waals surface area contributed by atoms with Gasteiger partial charge in [-0.1, -0.05) is 18.2 Å². The van der Waals surface area contributed by atoms with Crippen LogP contribution in [0.4, 0.5) is 5.69 Å². The van der Waals surface area contributed by atoms with Crippen LogP contribution in [0.3, 0.4) is 0 Å². The van der Waals surface area contributed by atoms with Crippen molar-refractivity contribution in [3.63, 3.8) is 0 Å². The first-order valence-electron chi connectivity index (χ1n) is 6.55. The van der Waals surface area contributed by atoms with E-state index in [2.05, 4.69) is 15.0 Å². The van der Waals surface area contributed by atoms with Gasteiger partial charge in [0.1, 0.15) is 16.4 Å². The van der Waals surface area contributed by atoms with Crippen LogP contribution in [-0.2, 0) is 0 Å². The van der Waals surface area contributed by atoms with Crippen LogP contribution in [0.5, 0.6) is 5.88 Å². The maximum atomic E-state index is 5.84. The summed E-state index contributed by atoms with van der Waals surface area (Å²) >= 11 is 1.47. The SMILES string of the molecule is CCOc1nc(Sc2ncnc3ccccc23)ccc1N. The highest BCUT2D eigenvalue weighted by atomic mass is 32.2. The Kier molecular flexibility index (Phi) is 3.87. The van der Waals surface area contributed by atoms with Crippen molar-refractivity contribution in [1.82, 2.24) is 15.0 Å². The van der Waals surface area contributed by atoms with E-state index in [1.807, 2.05) is 37.3 Å². The molecule has 0 aliphatic heterocycles. The number of pyridine rings is 1. The van der Waals surface area contributed by atoms with Gasteiger partial charge in [0.25, 0.3) is 0 Å². The molecular weight excluding hydrogens is 284 g/mol. The third-order valence-corrected chi connectivity index (χ3v) is 3.81. The van der Waals surface area contributed by atoms with Crippen molar-refractivity contribution >= 4 is 28.4 Å². The van der Waals surface area contributed by atoms with Crippen LogP contribution in [0.15, 0.2) is 52.8 Å². The molecule has 5 nitrogen and oxygen atoms in total. The molecule has 2 aromatic heterocycles. The van der Waals surface area contributed by atoms with Gasteiger partial charge in [-0.2, -0.15) is 0 Å². The molecule has 21 heavy (non-hydrogen) atoms. The van der Waals surface area contributed by atoms with Gasteiger partial charge in [-0.25, -0.2) is 15.0 Å². The minimum atomic E-state index is 0.459. The van der Waals surface area contributed by atoms with E-state index in [4.69, 9.17) is 10.5 Å². The number of benzene rings is 1. The number of hydrogen-bond donors (Lipinski definition) is 1. The third-order valence-electron chi connectivity index (χ3n) is 2.85. The first kappa shape index (κ1) is 13.6. The number of nitrogens with zero attached hydrogens (tertiary/aromatic N) is 3. The number of para-hydroxylation sites is 1. The molecule has 106 valence electrons. The van der Waals surface area contributed by atoms with Crippen LogP contribution in [-0.4, -0.2) is 21.6 Å². The zero-order chi connectivity index (χ0) is 14.7. The topological polar surface area (TPSA) is 73.9 Å². The van der Waals surface area contributed by atoms with Crippen molar-refractivity contribution < 1.29 is 4.74 Å². The van der Waals surface area contributed by atoms with Crippen LogP contribution < -0.4 is 10.5 Å². The minimum Gasteiger partial charge on any atom is -0.476 e. The summed E-state index contributed by atoms with van der Waals surface area (Å²) in [5, 5.41) is 2.65. The van der Waals surface area contributed by atoms with Crippen molar-refractivity contribution in [3.05, 3.63) is 42.7 Å². The lowest BCUT2D eigenvalue weighted by atomic mass is 10.2. The highest BCUT2D eigenvalue weighted by Gasteiger charge is 2.09. The molecule has 1 aromatic carbocycles. The van der Waals surface area contributed by atoms with Gasteiger partial charge in [0.05, 0.1) is 17.8 Å². The van der Waals surface area contributed by atoms with Crippen LogP contribution in [0.25, 0.3) is 10.9 Å². The average molecular weight is 298 g/mol. The summed E-state index contributed by atoms with van der Waals surface area (Å²) in [6, 6.07) is 11.5. The second-order valence-electron chi connectivity index (χ2n) is 4.27. The highest BCUT2D eigenvalue weighted by molar-refractivity contribution is 7.99. The molecule has 0 spiro atoms. The fraction of sp³-hybridized carbons (Fsp3) is 0.133. The van der Waals surface area contributed by atoms with Crippen LogP contribution in [0, 0.1) is 0 Å². The lowest BCUT2D eigenvalue weighted by Crippen LogP contribution is -2.00. The summed E-state index contributed by atoms with van der Waals surface area (Å²) in [7, 11) is 0. The fourth-order valence-electron chi connectivity index (χ4n) is 1.90. The number of fused-ring (bicyclic) bond motifs is 1. The molecule has 0 bridgehead atoms. The number of nitrogen functional groups attached to an aromatic ring is 1. The Morgan fingerprint density at radius 2 is 2.00 bits per heavy atom. The van der Waals surface area contributed by atoms with Crippen molar-refractivity contribution in [1.29, 1.82) is 0 Å². The van der Waals surface area contributed by atoms with E-state index in [1.165, 1.54) is 11.8 Å². The van der Waals surface area contributed by atoms with E-state index in [0.717, 1.165) is 21.0 Å². The molecule has 0 atom stereocenters. The second-order valence-corrected chi connectivity index (χ2v) is 5.28. The molecule has 0 fully saturated rings.